The number of rotatable bonds is 6. The van der Waals surface area contributed by atoms with Crippen LogP contribution in [0.1, 0.15) is 45.2 Å². The number of nitrogens with one attached hydrogen (secondary N) is 2. The van der Waals surface area contributed by atoms with Gasteiger partial charge in [-0.2, -0.15) is 0 Å². The predicted molar refractivity (Wildman–Crippen MR) is 83.2 cm³/mol. The average Bonchev–Trinajstić information content (AvgIpc) is 2.38. The summed E-state index contributed by atoms with van der Waals surface area (Å²) in [6.07, 6.45) is 1.48. The summed E-state index contributed by atoms with van der Waals surface area (Å²) in [7, 11) is 0. The Kier molecular flexibility index (Phi) is 6.71. The van der Waals surface area contributed by atoms with Crippen LogP contribution in [-0.2, 0) is 9.59 Å². The van der Waals surface area contributed by atoms with Crippen molar-refractivity contribution in [1.29, 1.82) is 0 Å². The van der Waals surface area contributed by atoms with Crippen LogP contribution in [0.25, 0.3) is 0 Å². The highest BCUT2D eigenvalue weighted by Crippen LogP contribution is 2.16. The molecule has 0 heterocycles. The second-order valence-electron chi connectivity index (χ2n) is 4.82. The summed E-state index contributed by atoms with van der Waals surface area (Å²) >= 11 is 3.38. The predicted octanol–water partition coefficient (Wildman–Crippen LogP) is 2.93. The Labute approximate surface area is 128 Å². The summed E-state index contributed by atoms with van der Waals surface area (Å²) in [6, 6.07) is 7.24. The largest absolute Gasteiger partial charge is 0.348 e. The molecule has 0 unspecified atom stereocenters. The van der Waals surface area contributed by atoms with Crippen LogP contribution in [0.5, 0.6) is 0 Å². The number of benzene rings is 1. The van der Waals surface area contributed by atoms with E-state index in [4.69, 9.17) is 0 Å². The Morgan fingerprint density at radius 1 is 1.20 bits per heavy atom. The fourth-order valence-corrected chi connectivity index (χ4v) is 2.22. The maximum absolute atomic E-state index is 12.2. The van der Waals surface area contributed by atoms with E-state index in [-0.39, 0.29) is 17.9 Å². The van der Waals surface area contributed by atoms with E-state index in [0.717, 1.165) is 16.5 Å². The average molecular weight is 341 g/mol. The first-order valence-electron chi connectivity index (χ1n) is 6.77. The number of halogens is 1. The van der Waals surface area contributed by atoms with Gasteiger partial charge in [-0.15, -0.1) is 0 Å². The minimum atomic E-state index is -0.463. The van der Waals surface area contributed by atoms with Gasteiger partial charge in [0, 0.05) is 11.4 Å². The monoisotopic (exact) mass is 340 g/mol. The minimum absolute atomic E-state index is 0.0938. The van der Waals surface area contributed by atoms with Gasteiger partial charge in [-0.3, -0.25) is 9.59 Å². The molecule has 20 heavy (non-hydrogen) atoms. The van der Waals surface area contributed by atoms with E-state index in [1.165, 1.54) is 6.92 Å². The van der Waals surface area contributed by atoms with Gasteiger partial charge in [-0.05, 0) is 31.0 Å². The molecule has 2 N–H and O–H groups in total. The second-order valence-corrected chi connectivity index (χ2v) is 5.74. The Morgan fingerprint density at radius 2 is 1.80 bits per heavy atom. The Morgan fingerprint density at radius 3 is 2.30 bits per heavy atom. The molecule has 2 amide bonds. The van der Waals surface area contributed by atoms with E-state index in [1.54, 1.807) is 0 Å². The lowest BCUT2D eigenvalue weighted by Crippen LogP contribution is -2.46. The molecule has 1 aromatic carbocycles. The van der Waals surface area contributed by atoms with Gasteiger partial charge in [-0.25, -0.2) is 0 Å². The van der Waals surface area contributed by atoms with Crippen molar-refractivity contribution in [3.63, 3.8) is 0 Å². The van der Waals surface area contributed by atoms with E-state index in [2.05, 4.69) is 26.6 Å². The van der Waals surface area contributed by atoms with Gasteiger partial charge in [0.2, 0.25) is 11.8 Å². The third-order valence-electron chi connectivity index (χ3n) is 3.00. The molecule has 0 saturated carbocycles. The van der Waals surface area contributed by atoms with Crippen LogP contribution in [0.2, 0.25) is 0 Å². The van der Waals surface area contributed by atoms with Crippen molar-refractivity contribution < 1.29 is 9.59 Å². The van der Waals surface area contributed by atoms with Crippen LogP contribution in [0.15, 0.2) is 28.7 Å². The van der Waals surface area contributed by atoms with Gasteiger partial charge in [-0.1, -0.05) is 41.4 Å². The lowest BCUT2D eigenvalue weighted by atomic mass is 10.1. The van der Waals surface area contributed by atoms with Crippen LogP contribution < -0.4 is 10.6 Å². The van der Waals surface area contributed by atoms with Crippen LogP contribution in [0.4, 0.5) is 0 Å². The molecule has 110 valence electrons. The molecule has 1 rings (SSSR count). The number of carbonyl (C=O) groups is 2. The van der Waals surface area contributed by atoms with Crippen molar-refractivity contribution in [2.24, 2.45) is 0 Å². The maximum Gasteiger partial charge on any atom is 0.243 e. The summed E-state index contributed by atoms with van der Waals surface area (Å²) in [6.45, 7) is 5.34. The SMILES string of the molecule is CCC[C@@H](NC(C)=O)C(=O)N[C@H](C)c1ccc(Br)cc1. The van der Waals surface area contributed by atoms with E-state index in [1.807, 2.05) is 38.1 Å². The Balaban J connectivity index is 2.66. The molecule has 0 bridgehead atoms. The van der Waals surface area contributed by atoms with Crippen molar-refractivity contribution in [3.05, 3.63) is 34.3 Å². The molecule has 0 aromatic heterocycles. The van der Waals surface area contributed by atoms with Gasteiger partial charge in [0.25, 0.3) is 0 Å². The molecule has 0 spiro atoms. The van der Waals surface area contributed by atoms with Crippen LogP contribution in [0.3, 0.4) is 0 Å². The number of carbonyl (C=O) groups excluding carboxylic acids is 2. The third kappa shape index (κ3) is 5.33. The molecule has 0 saturated heterocycles. The van der Waals surface area contributed by atoms with Crippen LogP contribution in [-0.4, -0.2) is 17.9 Å². The zero-order valence-electron chi connectivity index (χ0n) is 12.1. The Bertz CT molecular complexity index is 459. The quantitative estimate of drug-likeness (QED) is 0.836. The smallest absolute Gasteiger partial charge is 0.243 e. The second kappa shape index (κ2) is 8.04. The molecule has 0 radical (unpaired) electrons. The van der Waals surface area contributed by atoms with Gasteiger partial charge < -0.3 is 10.6 Å². The number of hydrogen-bond donors (Lipinski definition) is 2. The molecule has 5 heteroatoms. The highest BCUT2D eigenvalue weighted by Gasteiger charge is 2.20. The summed E-state index contributed by atoms with van der Waals surface area (Å²) < 4.78 is 1.00. The fourth-order valence-electron chi connectivity index (χ4n) is 1.95. The van der Waals surface area contributed by atoms with E-state index < -0.39 is 6.04 Å². The number of amides is 2. The third-order valence-corrected chi connectivity index (χ3v) is 3.53. The van der Waals surface area contributed by atoms with Gasteiger partial charge in [0.15, 0.2) is 0 Å². The standard InChI is InChI=1S/C15H21BrN2O2/c1-4-5-14(18-11(3)19)15(20)17-10(2)12-6-8-13(16)9-7-12/h6-10,14H,4-5H2,1-3H3,(H,17,20)(H,18,19)/t10-,14-/m1/s1. The van der Waals surface area contributed by atoms with Crippen molar-refractivity contribution in [3.8, 4) is 0 Å². The molecule has 0 fully saturated rings. The molecule has 4 nitrogen and oxygen atoms in total. The first-order chi connectivity index (χ1) is 9.43. The van der Waals surface area contributed by atoms with E-state index in [0.29, 0.717) is 6.42 Å². The van der Waals surface area contributed by atoms with E-state index in [9.17, 15) is 9.59 Å². The van der Waals surface area contributed by atoms with Gasteiger partial charge >= 0.3 is 0 Å². The summed E-state index contributed by atoms with van der Waals surface area (Å²) in [5.74, 6) is -0.327. The summed E-state index contributed by atoms with van der Waals surface area (Å²) in [5, 5.41) is 5.62. The molecule has 0 aliphatic heterocycles. The normalized spacial score (nSPS) is 13.4. The highest BCUT2D eigenvalue weighted by atomic mass is 79.9. The molecular weight excluding hydrogens is 320 g/mol. The maximum atomic E-state index is 12.2. The molecule has 0 aliphatic rings. The van der Waals surface area contributed by atoms with Crippen LogP contribution in [0, 0.1) is 0 Å². The van der Waals surface area contributed by atoms with Crippen LogP contribution >= 0.6 is 15.9 Å². The first kappa shape index (κ1) is 16.7. The fraction of sp³-hybridized carbons (Fsp3) is 0.467. The summed E-state index contributed by atoms with van der Waals surface area (Å²) in [4.78, 5) is 23.3. The van der Waals surface area contributed by atoms with Crippen molar-refractivity contribution >= 4 is 27.7 Å². The first-order valence-corrected chi connectivity index (χ1v) is 7.56. The minimum Gasteiger partial charge on any atom is -0.348 e. The molecule has 2 atom stereocenters. The van der Waals surface area contributed by atoms with E-state index >= 15 is 0 Å². The lowest BCUT2D eigenvalue weighted by Gasteiger charge is -2.20. The van der Waals surface area contributed by atoms with Gasteiger partial charge in [0.1, 0.15) is 6.04 Å². The lowest BCUT2D eigenvalue weighted by molar-refractivity contribution is -0.128. The highest BCUT2D eigenvalue weighted by molar-refractivity contribution is 9.10. The molecular formula is C15H21BrN2O2. The molecule has 1 aromatic rings. The summed E-state index contributed by atoms with van der Waals surface area (Å²) in [5.41, 5.74) is 1.03. The van der Waals surface area contributed by atoms with Gasteiger partial charge in [0.05, 0.1) is 6.04 Å². The molecule has 0 aliphatic carbocycles. The van der Waals surface area contributed by atoms with Crippen molar-refractivity contribution in [2.45, 2.75) is 45.7 Å². The topological polar surface area (TPSA) is 58.2 Å². The van der Waals surface area contributed by atoms with Crippen molar-refractivity contribution in [2.75, 3.05) is 0 Å². The number of hydrogen-bond acceptors (Lipinski definition) is 2. The Hall–Kier alpha value is -1.36. The van der Waals surface area contributed by atoms with Crippen molar-refractivity contribution in [1.82, 2.24) is 10.6 Å². The zero-order valence-corrected chi connectivity index (χ0v) is 13.7. The zero-order chi connectivity index (χ0) is 15.1.